The van der Waals surface area contributed by atoms with E-state index in [4.69, 9.17) is 0 Å². The molecule has 7 nitrogen and oxygen atoms in total. The molecular weight excluding hydrogens is 428 g/mol. The maximum Gasteiger partial charge on any atom is 0.253 e. The van der Waals surface area contributed by atoms with Crippen LogP contribution in [0.15, 0.2) is 60.7 Å². The second-order valence-electron chi connectivity index (χ2n) is 9.54. The number of para-hydroxylation sites is 1. The molecule has 3 heterocycles. The van der Waals surface area contributed by atoms with Gasteiger partial charge < -0.3 is 19.6 Å². The molecule has 1 spiro atoms. The van der Waals surface area contributed by atoms with Crippen molar-refractivity contribution in [3.05, 3.63) is 66.2 Å². The van der Waals surface area contributed by atoms with Gasteiger partial charge in [-0.15, -0.1) is 0 Å². The Bertz CT molecular complexity index is 1030. The van der Waals surface area contributed by atoms with E-state index in [1.54, 1.807) is 4.90 Å². The molecule has 0 atom stereocenters. The number of nitrogens with zero attached hydrogens (tertiary/aromatic N) is 4. The topological polar surface area (TPSA) is 64.2 Å². The van der Waals surface area contributed by atoms with Crippen molar-refractivity contribution in [3.8, 4) is 0 Å². The number of carbonyl (C=O) groups excluding carboxylic acids is 3. The average molecular weight is 461 g/mol. The van der Waals surface area contributed by atoms with Gasteiger partial charge in [-0.1, -0.05) is 36.4 Å². The molecule has 0 N–H and O–H groups in total. The second kappa shape index (κ2) is 9.49. The van der Waals surface area contributed by atoms with Crippen molar-refractivity contribution in [2.24, 2.45) is 0 Å². The normalized spacial score (nSPS) is 20.2. The van der Waals surface area contributed by atoms with Crippen LogP contribution >= 0.6 is 0 Å². The van der Waals surface area contributed by atoms with Gasteiger partial charge in [0.2, 0.25) is 5.91 Å². The van der Waals surface area contributed by atoms with Crippen LogP contribution in [0.4, 0.5) is 5.69 Å². The third-order valence-electron chi connectivity index (χ3n) is 7.52. The number of piperidine rings is 2. The van der Waals surface area contributed by atoms with Gasteiger partial charge in [0.1, 0.15) is 12.1 Å². The third-order valence-corrected chi connectivity index (χ3v) is 7.52. The molecule has 3 saturated heterocycles. The Labute approximate surface area is 200 Å². The van der Waals surface area contributed by atoms with Crippen molar-refractivity contribution >= 4 is 23.4 Å². The van der Waals surface area contributed by atoms with Gasteiger partial charge in [0, 0.05) is 37.4 Å². The van der Waals surface area contributed by atoms with E-state index in [0.29, 0.717) is 38.2 Å². The third kappa shape index (κ3) is 4.15. The van der Waals surface area contributed by atoms with Gasteiger partial charge in [0.05, 0.1) is 6.67 Å². The Hall–Kier alpha value is -3.35. The lowest BCUT2D eigenvalue weighted by molar-refractivity contribution is -0.141. The van der Waals surface area contributed by atoms with Crippen LogP contribution in [0.25, 0.3) is 0 Å². The molecule has 0 bridgehead atoms. The number of hydrogen-bond donors (Lipinski definition) is 0. The fraction of sp³-hybridized carbons (Fsp3) is 0.444. The van der Waals surface area contributed by atoms with Crippen molar-refractivity contribution in [2.45, 2.75) is 37.6 Å². The first-order valence-corrected chi connectivity index (χ1v) is 12.3. The number of carbonyl (C=O) groups is 3. The van der Waals surface area contributed by atoms with Gasteiger partial charge in [-0.05, 0) is 56.4 Å². The fourth-order valence-corrected chi connectivity index (χ4v) is 5.57. The summed E-state index contributed by atoms with van der Waals surface area (Å²) >= 11 is 0. The summed E-state index contributed by atoms with van der Waals surface area (Å²) in [7, 11) is 0. The van der Waals surface area contributed by atoms with E-state index in [1.165, 1.54) is 0 Å². The zero-order valence-electron chi connectivity index (χ0n) is 19.6. The van der Waals surface area contributed by atoms with E-state index in [9.17, 15) is 14.4 Å². The smallest absolute Gasteiger partial charge is 0.253 e. The van der Waals surface area contributed by atoms with E-state index in [0.717, 1.165) is 38.0 Å². The Morgan fingerprint density at radius 3 is 2.03 bits per heavy atom. The monoisotopic (exact) mass is 460 g/mol. The van der Waals surface area contributed by atoms with Crippen LogP contribution in [-0.4, -0.2) is 77.4 Å². The summed E-state index contributed by atoms with van der Waals surface area (Å²) in [6, 6.07) is 19.3. The molecule has 0 aliphatic carbocycles. The number of rotatable bonds is 4. The van der Waals surface area contributed by atoms with Crippen LogP contribution in [0, 0.1) is 0 Å². The zero-order valence-corrected chi connectivity index (χ0v) is 19.6. The highest BCUT2D eigenvalue weighted by molar-refractivity contribution is 5.97. The highest BCUT2D eigenvalue weighted by atomic mass is 16.2. The van der Waals surface area contributed by atoms with E-state index >= 15 is 0 Å². The molecule has 3 aliphatic rings. The molecule has 7 heteroatoms. The zero-order chi connectivity index (χ0) is 23.5. The number of amides is 3. The minimum Gasteiger partial charge on any atom is -0.341 e. The molecular formula is C27H32N4O3. The number of hydrogen-bond acceptors (Lipinski definition) is 4. The first-order chi connectivity index (χ1) is 16.6. The maximum absolute atomic E-state index is 13.8. The molecule has 5 rings (SSSR count). The van der Waals surface area contributed by atoms with Gasteiger partial charge in [-0.25, -0.2) is 0 Å². The van der Waals surface area contributed by atoms with Crippen molar-refractivity contribution < 1.29 is 14.4 Å². The first-order valence-electron chi connectivity index (χ1n) is 12.3. The lowest BCUT2D eigenvalue weighted by Crippen LogP contribution is -2.57. The standard InChI is InChI=1S/C27H32N4O3/c32-24(28-16-8-3-9-17-28)20-30-21-31(23-12-6-2-7-13-23)27(26(30)34)14-18-29(19-15-27)25(33)22-10-4-1-5-11-22/h1-2,4-7,10-13H,3,8-9,14-21H2. The minimum atomic E-state index is -0.725. The van der Waals surface area contributed by atoms with Crippen molar-refractivity contribution in [1.82, 2.24) is 14.7 Å². The average Bonchev–Trinajstić information content (AvgIpc) is 3.16. The summed E-state index contributed by atoms with van der Waals surface area (Å²) < 4.78 is 0. The van der Waals surface area contributed by atoms with Crippen LogP contribution in [0.2, 0.25) is 0 Å². The molecule has 3 amide bonds. The number of benzene rings is 2. The fourth-order valence-electron chi connectivity index (χ4n) is 5.57. The summed E-state index contributed by atoms with van der Waals surface area (Å²) in [5, 5.41) is 0. The SMILES string of the molecule is O=C(CN1CN(c2ccccc2)C2(CCN(C(=O)c3ccccc3)CC2)C1=O)N1CCCCC1. The van der Waals surface area contributed by atoms with E-state index in [2.05, 4.69) is 4.90 Å². The lowest BCUT2D eigenvalue weighted by atomic mass is 9.85. The Kier molecular flexibility index (Phi) is 6.26. The molecule has 34 heavy (non-hydrogen) atoms. The largest absolute Gasteiger partial charge is 0.341 e. The summed E-state index contributed by atoms with van der Waals surface area (Å²) in [5.74, 6) is 0.0487. The van der Waals surface area contributed by atoms with Gasteiger partial charge in [0.15, 0.2) is 0 Å². The molecule has 3 fully saturated rings. The highest BCUT2D eigenvalue weighted by Gasteiger charge is 2.54. The van der Waals surface area contributed by atoms with E-state index in [-0.39, 0.29) is 24.3 Å². The summed E-state index contributed by atoms with van der Waals surface area (Å²) in [5.41, 5.74) is 0.924. The number of anilines is 1. The molecule has 2 aromatic rings. The predicted molar refractivity (Wildman–Crippen MR) is 130 cm³/mol. The van der Waals surface area contributed by atoms with E-state index < -0.39 is 5.54 Å². The van der Waals surface area contributed by atoms with Crippen molar-refractivity contribution in [3.63, 3.8) is 0 Å². The lowest BCUT2D eigenvalue weighted by Gasteiger charge is -2.43. The van der Waals surface area contributed by atoms with Gasteiger partial charge in [0.25, 0.3) is 11.8 Å². The molecule has 3 aliphatic heterocycles. The quantitative estimate of drug-likeness (QED) is 0.704. The predicted octanol–water partition coefficient (Wildman–Crippen LogP) is 2.98. The van der Waals surface area contributed by atoms with Crippen LogP contribution in [0.5, 0.6) is 0 Å². The highest BCUT2D eigenvalue weighted by Crippen LogP contribution is 2.39. The molecule has 0 saturated carbocycles. The summed E-state index contributed by atoms with van der Waals surface area (Å²) in [6.45, 7) is 3.11. The van der Waals surface area contributed by atoms with Gasteiger partial charge in [-0.3, -0.25) is 14.4 Å². The minimum absolute atomic E-state index is 0.00397. The molecule has 0 unspecified atom stereocenters. The van der Waals surface area contributed by atoms with Crippen molar-refractivity contribution in [2.75, 3.05) is 44.3 Å². The van der Waals surface area contributed by atoms with Crippen molar-refractivity contribution in [1.29, 1.82) is 0 Å². The molecule has 0 aromatic heterocycles. The molecule has 2 aromatic carbocycles. The first kappa shape index (κ1) is 22.4. The van der Waals surface area contributed by atoms with Crippen LogP contribution in [-0.2, 0) is 9.59 Å². The van der Waals surface area contributed by atoms with Crippen LogP contribution in [0.1, 0.15) is 42.5 Å². The molecule has 178 valence electrons. The molecule has 0 radical (unpaired) electrons. The summed E-state index contributed by atoms with van der Waals surface area (Å²) in [4.78, 5) is 47.4. The van der Waals surface area contributed by atoms with Gasteiger partial charge >= 0.3 is 0 Å². The maximum atomic E-state index is 13.8. The van der Waals surface area contributed by atoms with Crippen LogP contribution < -0.4 is 4.90 Å². The second-order valence-corrected chi connectivity index (χ2v) is 9.54. The van der Waals surface area contributed by atoms with E-state index in [1.807, 2.05) is 70.5 Å². The summed E-state index contributed by atoms with van der Waals surface area (Å²) in [6.07, 6.45) is 4.33. The van der Waals surface area contributed by atoms with Crippen LogP contribution in [0.3, 0.4) is 0 Å². The Balaban J connectivity index is 1.35. The Morgan fingerprint density at radius 1 is 0.765 bits per heavy atom. The number of likely N-dealkylation sites (tertiary alicyclic amines) is 2. The Morgan fingerprint density at radius 2 is 1.38 bits per heavy atom. The van der Waals surface area contributed by atoms with Gasteiger partial charge in [-0.2, -0.15) is 0 Å².